The lowest BCUT2D eigenvalue weighted by atomic mass is 9.95. The van der Waals surface area contributed by atoms with E-state index >= 15 is 0 Å². The summed E-state index contributed by atoms with van der Waals surface area (Å²) in [5, 5.41) is 5.29. The van der Waals surface area contributed by atoms with Crippen LogP contribution in [0.5, 0.6) is 0 Å². The highest BCUT2D eigenvalue weighted by atomic mass is 16.1. The van der Waals surface area contributed by atoms with E-state index in [0.29, 0.717) is 23.8 Å². The normalized spacial score (nSPS) is 23.8. The second kappa shape index (κ2) is 6.35. The number of H-pyrrole nitrogens is 1. The van der Waals surface area contributed by atoms with Crippen LogP contribution in [0, 0.1) is 13.3 Å². The van der Waals surface area contributed by atoms with E-state index in [1.807, 2.05) is 11.6 Å². The van der Waals surface area contributed by atoms with Gasteiger partial charge in [0.05, 0.1) is 11.7 Å². The summed E-state index contributed by atoms with van der Waals surface area (Å²) in [7, 11) is 5.94. The van der Waals surface area contributed by atoms with Crippen LogP contribution in [0.15, 0.2) is 4.79 Å². The van der Waals surface area contributed by atoms with E-state index in [1.165, 1.54) is 19.3 Å². The molecular weight excluding hydrogens is 301 g/mol. The monoisotopic (exact) mass is 324 g/mol. The standard InChI is InChI=1S/C17H23BN5O/c1-11-14-16(23(21-11)13-7-3-2-4-8-13)19-15(20-17(14)24)12-6-5-9-22(18)10-12/h6,12-13H,2-5,7-10H2,1H3,(H,19,20,24). The van der Waals surface area contributed by atoms with Crippen LogP contribution in [-0.4, -0.2) is 45.6 Å². The molecule has 1 saturated heterocycles. The van der Waals surface area contributed by atoms with Gasteiger partial charge in [-0.2, -0.15) is 5.10 Å². The number of aromatic nitrogens is 4. The molecule has 1 N–H and O–H groups in total. The maximum atomic E-state index is 12.6. The smallest absolute Gasteiger partial charge is 0.262 e. The third kappa shape index (κ3) is 2.79. The zero-order valence-electron chi connectivity index (χ0n) is 14.2. The molecule has 1 aliphatic carbocycles. The van der Waals surface area contributed by atoms with Gasteiger partial charge in [0.2, 0.25) is 0 Å². The molecule has 0 amide bonds. The lowest BCUT2D eigenvalue weighted by Gasteiger charge is -2.29. The molecule has 0 aromatic carbocycles. The highest BCUT2D eigenvalue weighted by molar-refractivity contribution is 6.04. The van der Waals surface area contributed by atoms with Gasteiger partial charge in [-0.1, -0.05) is 19.3 Å². The number of rotatable bonds is 2. The highest BCUT2D eigenvalue weighted by Crippen LogP contribution is 2.31. The van der Waals surface area contributed by atoms with Crippen molar-refractivity contribution in [2.45, 2.75) is 57.4 Å². The minimum absolute atomic E-state index is 0.0656. The molecule has 125 valence electrons. The van der Waals surface area contributed by atoms with Crippen molar-refractivity contribution >= 4 is 19.0 Å². The van der Waals surface area contributed by atoms with Crippen LogP contribution in [0.4, 0.5) is 0 Å². The Balaban J connectivity index is 1.79. The van der Waals surface area contributed by atoms with Gasteiger partial charge in [-0.15, -0.1) is 0 Å². The Kier molecular flexibility index (Phi) is 4.20. The first kappa shape index (κ1) is 15.9. The Labute approximate surface area is 143 Å². The van der Waals surface area contributed by atoms with Gasteiger partial charge in [-0.25, -0.2) is 9.67 Å². The lowest BCUT2D eigenvalue weighted by Crippen LogP contribution is -2.34. The van der Waals surface area contributed by atoms with Crippen LogP contribution < -0.4 is 5.56 Å². The summed E-state index contributed by atoms with van der Waals surface area (Å²) in [6, 6.07) is 0.360. The van der Waals surface area contributed by atoms with Crippen molar-refractivity contribution in [3.05, 3.63) is 28.3 Å². The number of nitrogens with one attached hydrogen (secondary N) is 1. The van der Waals surface area contributed by atoms with Crippen LogP contribution in [0.3, 0.4) is 0 Å². The number of piperidine rings is 1. The average Bonchev–Trinajstić information content (AvgIpc) is 2.93. The van der Waals surface area contributed by atoms with E-state index in [0.717, 1.165) is 37.1 Å². The Bertz CT molecular complexity index is 792. The summed E-state index contributed by atoms with van der Waals surface area (Å²) < 4.78 is 2.01. The molecule has 6 nitrogen and oxygen atoms in total. The van der Waals surface area contributed by atoms with E-state index < -0.39 is 0 Å². The Morgan fingerprint density at radius 2 is 2.08 bits per heavy atom. The number of aromatic amines is 1. The van der Waals surface area contributed by atoms with Crippen LogP contribution in [0.1, 0.15) is 62.0 Å². The molecular formula is C17H23BN5O. The summed E-state index contributed by atoms with van der Waals surface area (Å²) in [6.07, 6.45) is 9.07. The largest absolute Gasteiger partial charge is 0.353 e. The molecule has 24 heavy (non-hydrogen) atoms. The van der Waals surface area contributed by atoms with Crippen LogP contribution in [0.2, 0.25) is 0 Å². The van der Waals surface area contributed by atoms with Gasteiger partial charge in [0.1, 0.15) is 11.2 Å². The molecule has 2 aliphatic rings. The van der Waals surface area contributed by atoms with E-state index in [2.05, 4.69) is 16.5 Å². The van der Waals surface area contributed by atoms with Gasteiger partial charge < -0.3 is 9.79 Å². The first-order valence-corrected chi connectivity index (χ1v) is 8.95. The summed E-state index contributed by atoms with van der Waals surface area (Å²) in [6.45, 7) is 3.43. The van der Waals surface area contributed by atoms with Gasteiger partial charge >= 0.3 is 0 Å². The summed E-state index contributed by atoms with van der Waals surface area (Å²) in [5.41, 5.74) is 1.42. The quantitative estimate of drug-likeness (QED) is 0.858. The van der Waals surface area contributed by atoms with Crippen molar-refractivity contribution in [2.24, 2.45) is 0 Å². The molecule has 1 saturated carbocycles. The summed E-state index contributed by atoms with van der Waals surface area (Å²) in [4.78, 5) is 22.2. The molecule has 1 unspecified atom stereocenters. The number of hydrogen-bond acceptors (Lipinski definition) is 4. The van der Waals surface area contributed by atoms with Gasteiger partial charge in [-0.05, 0) is 45.7 Å². The fraction of sp³-hybridized carbons (Fsp3) is 0.647. The average molecular weight is 324 g/mol. The van der Waals surface area contributed by atoms with Crippen molar-refractivity contribution in [1.82, 2.24) is 24.6 Å². The second-order valence-corrected chi connectivity index (χ2v) is 7.10. The second-order valence-electron chi connectivity index (χ2n) is 7.10. The third-order valence-electron chi connectivity index (χ3n) is 5.33. The zero-order chi connectivity index (χ0) is 16.7. The Hall–Kier alpha value is -1.63. The van der Waals surface area contributed by atoms with Crippen LogP contribution in [0.25, 0.3) is 11.0 Å². The Morgan fingerprint density at radius 1 is 1.29 bits per heavy atom. The van der Waals surface area contributed by atoms with Crippen molar-refractivity contribution in [3.63, 3.8) is 0 Å². The van der Waals surface area contributed by atoms with E-state index in [4.69, 9.17) is 13.0 Å². The van der Waals surface area contributed by atoms with Crippen molar-refractivity contribution in [3.8, 4) is 0 Å². The lowest BCUT2D eigenvalue weighted by molar-refractivity contribution is 0.334. The number of fused-ring (bicyclic) bond motifs is 1. The molecule has 2 fully saturated rings. The molecule has 2 aromatic heterocycles. The minimum atomic E-state index is -0.0860. The molecule has 7 heteroatoms. The van der Waals surface area contributed by atoms with E-state index in [1.54, 1.807) is 4.81 Å². The molecule has 1 atom stereocenters. The Morgan fingerprint density at radius 3 is 2.83 bits per heavy atom. The predicted molar refractivity (Wildman–Crippen MR) is 94.0 cm³/mol. The fourth-order valence-corrected chi connectivity index (χ4v) is 4.04. The van der Waals surface area contributed by atoms with Crippen LogP contribution >= 0.6 is 0 Å². The fourth-order valence-electron chi connectivity index (χ4n) is 4.04. The van der Waals surface area contributed by atoms with Crippen molar-refractivity contribution < 1.29 is 0 Å². The highest BCUT2D eigenvalue weighted by Gasteiger charge is 2.25. The zero-order valence-corrected chi connectivity index (χ0v) is 14.2. The molecule has 3 radical (unpaired) electrons. The number of nitrogens with zero attached hydrogens (tertiary/aromatic N) is 4. The molecule has 2 aromatic rings. The number of aryl methyl sites for hydroxylation is 1. The van der Waals surface area contributed by atoms with Crippen molar-refractivity contribution in [2.75, 3.05) is 13.1 Å². The first-order valence-electron chi connectivity index (χ1n) is 8.95. The molecule has 1 aliphatic heterocycles. The van der Waals surface area contributed by atoms with Gasteiger partial charge in [-0.3, -0.25) is 4.79 Å². The summed E-state index contributed by atoms with van der Waals surface area (Å²) in [5.74, 6) is 0.774. The van der Waals surface area contributed by atoms with Crippen molar-refractivity contribution in [1.29, 1.82) is 0 Å². The molecule has 0 spiro atoms. The van der Waals surface area contributed by atoms with Gasteiger partial charge in [0, 0.05) is 5.92 Å². The molecule has 3 heterocycles. The molecule has 0 bridgehead atoms. The maximum Gasteiger partial charge on any atom is 0.262 e. The SMILES string of the molecule is [B]N1CC[CH]C(c2nc3c(c(C)nn3C3CCCCC3)c(=O)[nH]2)C1. The van der Waals surface area contributed by atoms with E-state index in [-0.39, 0.29) is 11.5 Å². The molecule has 4 rings (SSSR count). The van der Waals surface area contributed by atoms with Gasteiger partial charge in [0.25, 0.3) is 5.56 Å². The first-order chi connectivity index (χ1) is 11.6. The van der Waals surface area contributed by atoms with E-state index in [9.17, 15) is 4.79 Å². The van der Waals surface area contributed by atoms with Gasteiger partial charge in [0.15, 0.2) is 13.6 Å². The predicted octanol–water partition coefficient (Wildman–Crippen LogP) is 2.01. The maximum absolute atomic E-state index is 12.6. The minimum Gasteiger partial charge on any atom is -0.353 e. The third-order valence-corrected chi connectivity index (χ3v) is 5.33. The summed E-state index contributed by atoms with van der Waals surface area (Å²) >= 11 is 0. The topological polar surface area (TPSA) is 66.8 Å². The number of hydrogen-bond donors (Lipinski definition) is 1. The van der Waals surface area contributed by atoms with Crippen LogP contribution in [-0.2, 0) is 0 Å².